The van der Waals surface area contributed by atoms with Crippen LogP contribution in [0, 0.1) is 19.3 Å². The first kappa shape index (κ1) is 25.7. The number of fused-ring (bicyclic) bond motifs is 1. The van der Waals surface area contributed by atoms with E-state index in [1.54, 1.807) is 36.7 Å². The van der Waals surface area contributed by atoms with Crippen LogP contribution in [0.25, 0.3) is 6.08 Å². The lowest BCUT2D eigenvalue weighted by Gasteiger charge is -2.20. The van der Waals surface area contributed by atoms with Crippen molar-refractivity contribution in [3.8, 4) is 17.2 Å². The molecule has 0 saturated carbocycles. The van der Waals surface area contributed by atoms with Gasteiger partial charge in [0.05, 0.1) is 30.8 Å². The van der Waals surface area contributed by atoms with Crippen LogP contribution in [0.1, 0.15) is 28.0 Å². The molecule has 0 spiro atoms. The molecule has 0 bridgehead atoms. The van der Waals surface area contributed by atoms with Gasteiger partial charge in [-0.1, -0.05) is 18.2 Å². The Kier molecular flexibility index (Phi) is 7.62. The van der Waals surface area contributed by atoms with Gasteiger partial charge in [-0.3, -0.25) is 10.2 Å². The third-order valence-electron chi connectivity index (χ3n) is 5.70. The molecular formula is C28H26N4O4S2. The van der Waals surface area contributed by atoms with Gasteiger partial charge in [0, 0.05) is 6.42 Å². The summed E-state index contributed by atoms with van der Waals surface area (Å²) < 4.78 is 17.3. The molecule has 0 radical (unpaired) electrons. The lowest BCUT2D eigenvalue weighted by molar-refractivity contribution is -0.114. The van der Waals surface area contributed by atoms with E-state index in [9.17, 15) is 4.79 Å². The third-order valence-corrected chi connectivity index (χ3v) is 7.64. The van der Waals surface area contributed by atoms with Crippen LogP contribution in [-0.4, -0.2) is 47.3 Å². The number of thiophene rings is 1. The van der Waals surface area contributed by atoms with Gasteiger partial charge in [-0.15, -0.1) is 11.3 Å². The zero-order chi connectivity index (χ0) is 26.6. The van der Waals surface area contributed by atoms with E-state index >= 15 is 0 Å². The zero-order valence-corrected chi connectivity index (χ0v) is 22.8. The molecular weight excluding hydrogens is 520 g/mol. The topological polar surface area (TPSA) is 96.6 Å². The van der Waals surface area contributed by atoms with Gasteiger partial charge in [0.1, 0.15) is 10.8 Å². The first-order valence-corrected chi connectivity index (χ1v) is 13.7. The molecule has 1 aromatic heterocycles. The highest BCUT2D eigenvalue weighted by Gasteiger charge is 2.36. The van der Waals surface area contributed by atoms with E-state index in [2.05, 4.69) is 16.2 Å². The minimum atomic E-state index is -0.473. The van der Waals surface area contributed by atoms with Gasteiger partial charge in [-0.05, 0) is 84.1 Å². The molecule has 0 unspecified atom stereocenters. The van der Waals surface area contributed by atoms with Gasteiger partial charge in [0.2, 0.25) is 5.17 Å². The Morgan fingerprint density at radius 3 is 2.55 bits per heavy atom. The number of rotatable bonds is 9. The standard InChI is InChI=1S/C28H26N4O4S2/c1-17-12-18(2)14-20(13-17)35-9-5-10-36-22-8-7-19(16-23(22)34-3)15-21-25(29)32-28(30-26(21)33)38-27(31-32)24-6-4-11-37-24/h4,6-8,11-16,29H,5,9-10H2,1-3H3/b21-15-,29-25?. The molecule has 38 heavy (non-hydrogen) atoms. The summed E-state index contributed by atoms with van der Waals surface area (Å²) in [6.45, 7) is 5.09. The first-order chi connectivity index (χ1) is 18.4. The molecule has 0 aliphatic carbocycles. The summed E-state index contributed by atoms with van der Waals surface area (Å²) in [5, 5.41) is 17.6. The smallest absolute Gasteiger partial charge is 0.283 e. The van der Waals surface area contributed by atoms with Crippen molar-refractivity contribution in [2.24, 2.45) is 10.1 Å². The van der Waals surface area contributed by atoms with Gasteiger partial charge in [-0.25, -0.2) is 0 Å². The molecule has 5 rings (SSSR count). The highest BCUT2D eigenvalue weighted by molar-refractivity contribution is 8.27. The Bertz CT molecular complexity index is 1460. The summed E-state index contributed by atoms with van der Waals surface area (Å²) in [4.78, 5) is 17.9. The molecule has 2 aliphatic rings. The maximum absolute atomic E-state index is 12.8. The minimum Gasteiger partial charge on any atom is -0.493 e. The van der Waals surface area contributed by atoms with Crippen LogP contribution >= 0.6 is 23.1 Å². The number of hydrogen-bond donors (Lipinski definition) is 1. The van der Waals surface area contributed by atoms with Gasteiger partial charge in [-0.2, -0.15) is 15.1 Å². The molecule has 3 heterocycles. The quantitative estimate of drug-likeness (QED) is 0.266. The lowest BCUT2D eigenvalue weighted by atomic mass is 10.1. The van der Waals surface area contributed by atoms with Crippen LogP contribution in [0.3, 0.4) is 0 Å². The Hall–Kier alpha value is -3.89. The van der Waals surface area contributed by atoms with Crippen molar-refractivity contribution < 1.29 is 19.0 Å². The molecule has 8 nitrogen and oxygen atoms in total. The van der Waals surface area contributed by atoms with E-state index in [1.807, 2.05) is 49.6 Å². The van der Waals surface area contributed by atoms with Crippen molar-refractivity contribution in [3.05, 3.63) is 81.1 Å². The SMILES string of the molecule is COc1cc(/C=C2/C(=N)N3N=C(c4cccs4)SC3=NC2=O)ccc1OCCCOc1cc(C)cc(C)c1. The molecule has 194 valence electrons. The van der Waals surface area contributed by atoms with E-state index in [0.717, 1.165) is 15.7 Å². The largest absolute Gasteiger partial charge is 0.493 e. The number of benzene rings is 2. The Labute approximate surface area is 229 Å². The van der Waals surface area contributed by atoms with E-state index in [0.29, 0.717) is 41.9 Å². The van der Waals surface area contributed by atoms with E-state index < -0.39 is 5.91 Å². The normalized spacial score (nSPS) is 15.9. The van der Waals surface area contributed by atoms with E-state index in [4.69, 9.17) is 19.6 Å². The number of carbonyl (C=O) groups is 1. The number of hydrogen-bond acceptors (Lipinski definition) is 8. The number of hydrazone groups is 1. The molecule has 1 N–H and O–H groups in total. The number of methoxy groups -OCH3 is 1. The average molecular weight is 547 g/mol. The highest BCUT2D eigenvalue weighted by Crippen LogP contribution is 2.33. The summed E-state index contributed by atoms with van der Waals surface area (Å²) in [5.41, 5.74) is 3.19. The molecule has 0 fully saturated rings. The van der Waals surface area contributed by atoms with Crippen LogP contribution in [0.4, 0.5) is 0 Å². The van der Waals surface area contributed by atoms with Gasteiger partial charge < -0.3 is 14.2 Å². The fourth-order valence-electron chi connectivity index (χ4n) is 4.00. The molecule has 0 saturated heterocycles. The summed E-state index contributed by atoms with van der Waals surface area (Å²) in [6, 6.07) is 15.4. The van der Waals surface area contributed by atoms with Crippen LogP contribution in [-0.2, 0) is 4.79 Å². The predicted molar refractivity (Wildman–Crippen MR) is 153 cm³/mol. The van der Waals surface area contributed by atoms with E-state index in [-0.39, 0.29) is 11.4 Å². The number of ether oxygens (including phenoxy) is 3. The molecule has 2 aliphatic heterocycles. The number of aliphatic imine (C=N–C) groups is 1. The number of nitrogens with one attached hydrogen (secondary N) is 1. The second kappa shape index (κ2) is 11.2. The average Bonchev–Trinajstić information content (AvgIpc) is 3.56. The summed E-state index contributed by atoms with van der Waals surface area (Å²) >= 11 is 2.84. The number of carbonyl (C=O) groups excluding carboxylic acids is 1. The lowest BCUT2D eigenvalue weighted by Crippen LogP contribution is -2.35. The second-order valence-electron chi connectivity index (χ2n) is 8.69. The van der Waals surface area contributed by atoms with Crippen LogP contribution < -0.4 is 14.2 Å². The second-order valence-corrected chi connectivity index (χ2v) is 10.6. The maximum Gasteiger partial charge on any atom is 0.283 e. The van der Waals surface area contributed by atoms with Gasteiger partial charge in [0.25, 0.3) is 5.91 Å². The van der Waals surface area contributed by atoms with Crippen molar-refractivity contribution in [3.63, 3.8) is 0 Å². The number of thioether (sulfide) groups is 1. The molecule has 0 atom stereocenters. The maximum atomic E-state index is 12.8. The van der Waals surface area contributed by atoms with Gasteiger partial charge in [0.15, 0.2) is 17.3 Å². The number of nitrogens with zero attached hydrogens (tertiary/aromatic N) is 3. The van der Waals surface area contributed by atoms with E-state index in [1.165, 1.54) is 27.9 Å². The zero-order valence-electron chi connectivity index (χ0n) is 21.2. The van der Waals surface area contributed by atoms with Crippen molar-refractivity contribution in [2.45, 2.75) is 20.3 Å². The molecule has 3 aromatic rings. The fraction of sp³-hybridized carbons (Fsp3) is 0.214. The number of amidine groups is 2. The van der Waals surface area contributed by atoms with Crippen molar-refractivity contribution in [1.29, 1.82) is 5.41 Å². The molecule has 1 amide bonds. The first-order valence-electron chi connectivity index (χ1n) is 12.0. The van der Waals surface area contributed by atoms with Crippen LogP contribution in [0.15, 0.2) is 69.6 Å². The summed E-state index contributed by atoms with van der Waals surface area (Å²) in [6.07, 6.45) is 2.33. The number of amides is 1. The van der Waals surface area contributed by atoms with Crippen LogP contribution in [0.2, 0.25) is 0 Å². The van der Waals surface area contributed by atoms with Crippen molar-refractivity contribution in [2.75, 3.05) is 20.3 Å². The highest BCUT2D eigenvalue weighted by atomic mass is 32.2. The minimum absolute atomic E-state index is 0.0119. The summed E-state index contributed by atoms with van der Waals surface area (Å²) in [5.74, 6) is 1.50. The Morgan fingerprint density at radius 2 is 1.82 bits per heavy atom. The monoisotopic (exact) mass is 546 g/mol. The van der Waals surface area contributed by atoms with Gasteiger partial charge >= 0.3 is 0 Å². The Balaban J connectivity index is 1.23. The molecule has 2 aromatic carbocycles. The van der Waals surface area contributed by atoms with Crippen molar-refractivity contribution in [1.82, 2.24) is 5.01 Å². The predicted octanol–water partition coefficient (Wildman–Crippen LogP) is 5.89. The third kappa shape index (κ3) is 5.66. The van der Waals surface area contributed by atoms with Crippen molar-refractivity contribution >= 4 is 51.1 Å². The number of aryl methyl sites for hydroxylation is 2. The summed E-state index contributed by atoms with van der Waals surface area (Å²) in [7, 11) is 1.56. The Morgan fingerprint density at radius 1 is 1.03 bits per heavy atom. The molecule has 10 heteroatoms. The van der Waals surface area contributed by atoms with Crippen LogP contribution in [0.5, 0.6) is 17.2 Å². The fourth-order valence-corrected chi connectivity index (χ4v) is 5.68.